The van der Waals surface area contributed by atoms with Gasteiger partial charge in [0.15, 0.2) is 0 Å². The summed E-state index contributed by atoms with van der Waals surface area (Å²) in [5.74, 6) is -1.79. The normalized spacial score (nSPS) is 33.1. The van der Waals surface area contributed by atoms with E-state index in [1.165, 1.54) is 4.90 Å². The third-order valence-corrected chi connectivity index (χ3v) is 5.74. The van der Waals surface area contributed by atoms with E-state index in [9.17, 15) is 18.0 Å². The highest BCUT2D eigenvalue weighted by atomic mass is 35.5. The smallest absolute Gasteiger partial charge is 0.272 e. The molecule has 136 valence electrons. The molecule has 1 heterocycles. The lowest BCUT2D eigenvalue weighted by Gasteiger charge is -2.45. The first-order chi connectivity index (χ1) is 11.5. The molecule has 0 bridgehead atoms. The number of anilines is 1. The number of carbonyl (C=O) groups excluding carboxylic acids is 1. The molecule has 8 heteroatoms. The standard InChI is InChI=1S/C17H17Cl2F3N2O/c1-9-16(2,19)15(25)24(13-5-3-12(18)4-6-13)14(23-9)10-7-11(8-10)17(20,21)22/h3-6,9-11H,7-8H2,1-2H3. The predicted molar refractivity (Wildman–Crippen MR) is 92.4 cm³/mol. The summed E-state index contributed by atoms with van der Waals surface area (Å²) < 4.78 is 38.5. The van der Waals surface area contributed by atoms with Gasteiger partial charge in [-0.05, 0) is 51.0 Å². The molecule has 0 spiro atoms. The van der Waals surface area contributed by atoms with Crippen LogP contribution in [0.4, 0.5) is 18.9 Å². The second-order valence-corrected chi connectivity index (χ2v) is 7.98. The average Bonchev–Trinajstić information content (AvgIpc) is 2.44. The van der Waals surface area contributed by atoms with E-state index in [0.29, 0.717) is 16.5 Å². The molecule has 1 saturated carbocycles. The highest BCUT2D eigenvalue weighted by molar-refractivity contribution is 6.41. The fourth-order valence-corrected chi connectivity index (χ4v) is 3.36. The summed E-state index contributed by atoms with van der Waals surface area (Å²) in [6, 6.07) is 5.98. The fraction of sp³-hybridized carbons (Fsp3) is 0.529. The zero-order valence-electron chi connectivity index (χ0n) is 13.6. The third kappa shape index (κ3) is 3.26. The second-order valence-electron chi connectivity index (χ2n) is 6.76. The van der Waals surface area contributed by atoms with Gasteiger partial charge >= 0.3 is 6.18 Å². The van der Waals surface area contributed by atoms with Gasteiger partial charge in [0.2, 0.25) is 0 Å². The SMILES string of the molecule is CC1N=C(C2CC(C(F)(F)F)C2)N(c2ccc(Cl)cc2)C(=O)C1(C)Cl. The lowest BCUT2D eigenvalue weighted by atomic mass is 9.72. The summed E-state index contributed by atoms with van der Waals surface area (Å²) in [5, 5.41) is 0.495. The van der Waals surface area contributed by atoms with Crippen molar-refractivity contribution in [2.75, 3.05) is 4.90 Å². The summed E-state index contributed by atoms with van der Waals surface area (Å²) in [4.78, 5) is 17.5. The van der Waals surface area contributed by atoms with Gasteiger partial charge in [0, 0.05) is 10.9 Å². The molecule has 3 nitrogen and oxygen atoms in total. The van der Waals surface area contributed by atoms with Crippen LogP contribution in [0.5, 0.6) is 0 Å². The topological polar surface area (TPSA) is 32.7 Å². The second kappa shape index (κ2) is 6.16. The monoisotopic (exact) mass is 392 g/mol. The molecule has 1 aliphatic carbocycles. The van der Waals surface area contributed by atoms with Crippen molar-refractivity contribution < 1.29 is 18.0 Å². The molecule has 1 aromatic carbocycles. The number of hydrogen-bond acceptors (Lipinski definition) is 2. The Hall–Kier alpha value is -1.27. The molecule has 1 aliphatic heterocycles. The van der Waals surface area contributed by atoms with E-state index in [1.807, 2.05) is 0 Å². The third-order valence-electron chi connectivity index (χ3n) is 5.01. The number of amidine groups is 1. The molecule has 1 aromatic rings. The summed E-state index contributed by atoms with van der Waals surface area (Å²) in [5.41, 5.74) is 0.502. The number of alkyl halides is 4. The van der Waals surface area contributed by atoms with Crippen molar-refractivity contribution in [3.05, 3.63) is 29.3 Å². The number of nitrogens with zero attached hydrogens (tertiary/aromatic N) is 2. The Kier molecular flexibility index (Phi) is 4.57. The maximum atomic E-state index is 12.9. The molecular weight excluding hydrogens is 376 g/mol. The van der Waals surface area contributed by atoms with Crippen molar-refractivity contribution >= 4 is 40.6 Å². The molecule has 0 saturated heterocycles. The predicted octanol–water partition coefficient (Wildman–Crippen LogP) is 5.06. The van der Waals surface area contributed by atoms with Crippen LogP contribution in [-0.2, 0) is 4.79 Å². The Balaban J connectivity index is 1.96. The average molecular weight is 393 g/mol. The molecule has 1 amide bonds. The number of benzene rings is 1. The molecule has 2 unspecified atom stereocenters. The Bertz CT molecular complexity index is 710. The summed E-state index contributed by atoms with van der Waals surface area (Å²) >= 11 is 12.3. The Morgan fingerprint density at radius 3 is 2.32 bits per heavy atom. The van der Waals surface area contributed by atoms with Crippen LogP contribution in [0.15, 0.2) is 29.3 Å². The van der Waals surface area contributed by atoms with Gasteiger partial charge in [-0.1, -0.05) is 11.6 Å². The molecule has 2 aliphatic rings. The summed E-state index contributed by atoms with van der Waals surface area (Å²) in [6.45, 7) is 3.27. The van der Waals surface area contributed by atoms with Gasteiger partial charge in [-0.3, -0.25) is 14.7 Å². The van der Waals surface area contributed by atoms with Crippen molar-refractivity contribution in [1.82, 2.24) is 0 Å². The molecule has 25 heavy (non-hydrogen) atoms. The number of amides is 1. The first-order valence-electron chi connectivity index (χ1n) is 7.95. The van der Waals surface area contributed by atoms with E-state index in [-0.39, 0.29) is 18.7 Å². The lowest BCUT2D eigenvalue weighted by molar-refractivity contribution is -0.199. The van der Waals surface area contributed by atoms with Crippen LogP contribution in [0.1, 0.15) is 26.7 Å². The van der Waals surface area contributed by atoms with Crippen molar-refractivity contribution in [3.8, 4) is 0 Å². The highest BCUT2D eigenvalue weighted by Crippen LogP contribution is 2.47. The van der Waals surface area contributed by atoms with Crippen LogP contribution in [0.2, 0.25) is 5.02 Å². The van der Waals surface area contributed by atoms with Crippen molar-refractivity contribution in [2.24, 2.45) is 16.8 Å². The Morgan fingerprint density at radius 2 is 1.80 bits per heavy atom. The van der Waals surface area contributed by atoms with Crippen LogP contribution in [0.25, 0.3) is 0 Å². The van der Waals surface area contributed by atoms with Crippen LogP contribution >= 0.6 is 23.2 Å². The first kappa shape index (κ1) is 18.5. The van der Waals surface area contributed by atoms with Crippen LogP contribution < -0.4 is 4.90 Å². The molecule has 0 aromatic heterocycles. The number of hydrogen-bond donors (Lipinski definition) is 0. The minimum absolute atomic E-state index is 0.0641. The van der Waals surface area contributed by atoms with E-state index in [2.05, 4.69) is 4.99 Å². The summed E-state index contributed by atoms with van der Waals surface area (Å²) in [6.07, 6.45) is -4.34. The van der Waals surface area contributed by atoms with Crippen LogP contribution in [0, 0.1) is 11.8 Å². The molecule has 2 atom stereocenters. The maximum Gasteiger partial charge on any atom is 0.391 e. The first-order valence-corrected chi connectivity index (χ1v) is 8.71. The van der Waals surface area contributed by atoms with Gasteiger partial charge in [0.25, 0.3) is 5.91 Å². The largest absolute Gasteiger partial charge is 0.391 e. The van der Waals surface area contributed by atoms with E-state index in [1.54, 1.807) is 38.1 Å². The van der Waals surface area contributed by atoms with Crippen molar-refractivity contribution in [1.29, 1.82) is 0 Å². The number of carbonyl (C=O) groups is 1. The zero-order chi connectivity index (χ0) is 18.6. The number of rotatable bonds is 2. The van der Waals surface area contributed by atoms with Crippen LogP contribution in [-0.4, -0.2) is 28.8 Å². The molecule has 0 radical (unpaired) electrons. The zero-order valence-corrected chi connectivity index (χ0v) is 15.2. The number of aliphatic imine (C=N–C) groups is 1. The Labute approximate surface area is 153 Å². The quantitative estimate of drug-likeness (QED) is 0.647. The van der Waals surface area contributed by atoms with Gasteiger partial charge < -0.3 is 0 Å². The van der Waals surface area contributed by atoms with Gasteiger partial charge in [0.05, 0.1) is 17.6 Å². The van der Waals surface area contributed by atoms with E-state index < -0.39 is 28.9 Å². The van der Waals surface area contributed by atoms with E-state index >= 15 is 0 Å². The van der Waals surface area contributed by atoms with Gasteiger partial charge in [-0.2, -0.15) is 13.2 Å². The lowest BCUT2D eigenvalue weighted by Crippen LogP contribution is -2.59. The van der Waals surface area contributed by atoms with E-state index in [4.69, 9.17) is 23.2 Å². The van der Waals surface area contributed by atoms with Gasteiger partial charge in [-0.15, -0.1) is 11.6 Å². The van der Waals surface area contributed by atoms with Gasteiger partial charge in [-0.25, -0.2) is 0 Å². The van der Waals surface area contributed by atoms with Crippen molar-refractivity contribution in [2.45, 2.75) is 43.8 Å². The molecule has 1 fully saturated rings. The minimum Gasteiger partial charge on any atom is -0.272 e. The maximum absolute atomic E-state index is 12.9. The van der Waals surface area contributed by atoms with E-state index in [0.717, 1.165) is 0 Å². The molecular formula is C17H17Cl2F3N2O. The minimum atomic E-state index is -4.21. The van der Waals surface area contributed by atoms with Crippen LogP contribution in [0.3, 0.4) is 0 Å². The molecule has 0 N–H and O–H groups in total. The van der Waals surface area contributed by atoms with Gasteiger partial charge in [0.1, 0.15) is 10.7 Å². The summed E-state index contributed by atoms with van der Waals surface area (Å²) in [7, 11) is 0. The fourth-order valence-electron chi connectivity index (χ4n) is 3.10. The Morgan fingerprint density at radius 1 is 1.24 bits per heavy atom. The number of halogens is 5. The molecule has 3 rings (SSSR count). The highest BCUT2D eigenvalue weighted by Gasteiger charge is 2.53. The van der Waals surface area contributed by atoms with Crippen molar-refractivity contribution in [3.63, 3.8) is 0 Å².